The maximum atomic E-state index is 12.6. The molecular formula is C12H20N4OS. The van der Waals surface area contributed by atoms with Gasteiger partial charge in [0.25, 0.3) is 5.91 Å². The molecule has 0 aliphatic carbocycles. The molecule has 1 saturated heterocycles. The van der Waals surface area contributed by atoms with Gasteiger partial charge in [-0.3, -0.25) is 9.48 Å². The molecule has 1 aromatic rings. The molecule has 1 amide bonds. The van der Waals surface area contributed by atoms with Gasteiger partial charge in [-0.05, 0) is 13.8 Å². The first-order valence-electron chi connectivity index (χ1n) is 6.15. The summed E-state index contributed by atoms with van der Waals surface area (Å²) in [4.78, 5) is 14.5. The van der Waals surface area contributed by atoms with Crippen LogP contribution < -0.4 is 5.73 Å². The Bertz CT molecular complexity index is 471. The Morgan fingerprint density at radius 1 is 1.50 bits per heavy atom. The average Bonchev–Trinajstić information content (AvgIpc) is 2.56. The Morgan fingerprint density at radius 3 is 2.72 bits per heavy atom. The molecule has 5 nitrogen and oxygen atoms in total. The molecule has 0 saturated carbocycles. The highest BCUT2D eigenvalue weighted by Crippen LogP contribution is 2.27. The van der Waals surface area contributed by atoms with Crippen LogP contribution in [0.3, 0.4) is 0 Å². The van der Waals surface area contributed by atoms with E-state index in [-0.39, 0.29) is 11.9 Å². The molecule has 0 aromatic carbocycles. The van der Waals surface area contributed by atoms with Crippen LogP contribution in [0, 0.1) is 6.92 Å². The third-order valence-electron chi connectivity index (χ3n) is 3.62. The summed E-state index contributed by atoms with van der Waals surface area (Å²) in [6.07, 6.45) is 0. The first-order valence-corrected chi connectivity index (χ1v) is 7.20. The Labute approximate surface area is 112 Å². The van der Waals surface area contributed by atoms with Crippen LogP contribution in [-0.4, -0.2) is 44.2 Å². The van der Waals surface area contributed by atoms with Gasteiger partial charge in [0.2, 0.25) is 0 Å². The molecule has 1 aliphatic rings. The van der Waals surface area contributed by atoms with E-state index < -0.39 is 0 Å². The van der Waals surface area contributed by atoms with E-state index in [1.165, 1.54) is 0 Å². The summed E-state index contributed by atoms with van der Waals surface area (Å²) in [5.74, 6) is 0.976. The lowest BCUT2D eigenvalue weighted by Crippen LogP contribution is -2.48. The van der Waals surface area contributed by atoms with E-state index in [1.807, 2.05) is 23.6 Å². The van der Waals surface area contributed by atoms with Crippen LogP contribution in [0.25, 0.3) is 0 Å². The number of rotatable bonds is 1. The minimum Gasteiger partial charge on any atom is -0.395 e. The normalized spacial score (nSPS) is 24.3. The SMILES string of the molecule is Cc1nn(C)c(C(=O)N2CCSC(C)C2C)c1N. The predicted octanol–water partition coefficient (Wildman–Crippen LogP) is 1.28. The Hall–Kier alpha value is -1.17. The summed E-state index contributed by atoms with van der Waals surface area (Å²) in [6.45, 7) is 6.85. The maximum absolute atomic E-state index is 12.6. The topological polar surface area (TPSA) is 64.2 Å². The van der Waals surface area contributed by atoms with Gasteiger partial charge in [-0.2, -0.15) is 16.9 Å². The fourth-order valence-electron chi connectivity index (χ4n) is 2.28. The van der Waals surface area contributed by atoms with Crippen LogP contribution in [0.2, 0.25) is 0 Å². The number of aromatic nitrogens is 2. The van der Waals surface area contributed by atoms with Gasteiger partial charge in [0.05, 0.1) is 11.4 Å². The predicted molar refractivity (Wildman–Crippen MR) is 74.8 cm³/mol. The Balaban J connectivity index is 2.31. The minimum absolute atomic E-state index is 0.00440. The van der Waals surface area contributed by atoms with Gasteiger partial charge in [-0.25, -0.2) is 0 Å². The molecule has 18 heavy (non-hydrogen) atoms. The standard InChI is InChI=1S/C12H20N4OS/c1-7-10(13)11(15(4)14-7)12(17)16-5-6-18-9(3)8(16)2/h8-9H,5-6,13H2,1-4H3. The second-order valence-electron chi connectivity index (χ2n) is 4.79. The van der Waals surface area contributed by atoms with Crippen molar-refractivity contribution in [2.45, 2.75) is 32.1 Å². The number of nitrogens with zero attached hydrogens (tertiary/aromatic N) is 3. The molecule has 100 valence electrons. The number of aryl methyl sites for hydroxylation is 2. The summed E-state index contributed by atoms with van der Waals surface area (Å²) >= 11 is 1.91. The molecule has 0 spiro atoms. The van der Waals surface area contributed by atoms with Crippen LogP contribution in [0.5, 0.6) is 0 Å². The van der Waals surface area contributed by atoms with Gasteiger partial charge >= 0.3 is 0 Å². The largest absolute Gasteiger partial charge is 0.395 e. The van der Waals surface area contributed by atoms with Crippen molar-refractivity contribution in [3.63, 3.8) is 0 Å². The van der Waals surface area contributed by atoms with Crippen molar-refractivity contribution < 1.29 is 4.79 Å². The molecule has 1 aliphatic heterocycles. The second kappa shape index (κ2) is 4.84. The summed E-state index contributed by atoms with van der Waals surface area (Å²) in [5.41, 5.74) is 7.68. The van der Waals surface area contributed by atoms with Crippen molar-refractivity contribution in [3.05, 3.63) is 11.4 Å². The maximum Gasteiger partial charge on any atom is 0.274 e. The number of nitrogens with two attached hydrogens (primary N) is 1. The lowest BCUT2D eigenvalue weighted by atomic mass is 10.1. The van der Waals surface area contributed by atoms with Gasteiger partial charge < -0.3 is 10.6 Å². The van der Waals surface area contributed by atoms with E-state index >= 15 is 0 Å². The molecule has 1 fully saturated rings. The van der Waals surface area contributed by atoms with E-state index in [1.54, 1.807) is 11.7 Å². The number of carbonyl (C=O) groups excluding carboxylic acids is 1. The number of hydrogen-bond acceptors (Lipinski definition) is 4. The van der Waals surface area contributed by atoms with Gasteiger partial charge in [0.15, 0.2) is 0 Å². The first-order chi connectivity index (χ1) is 8.43. The summed E-state index contributed by atoms with van der Waals surface area (Å²) < 4.78 is 1.59. The van der Waals surface area contributed by atoms with Crippen LogP contribution in [0.4, 0.5) is 5.69 Å². The molecule has 2 heterocycles. The van der Waals surface area contributed by atoms with Crippen LogP contribution >= 0.6 is 11.8 Å². The fourth-order valence-corrected chi connectivity index (χ4v) is 3.38. The van der Waals surface area contributed by atoms with Gasteiger partial charge in [-0.1, -0.05) is 6.92 Å². The molecule has 6 heteroatoms. The third kappa shape index (κ3) is 2.09. The minimum atomic E-state index is -0.00440. The monoisotopic (exact) mass is 268 g/mol. The van der Waals surface area contributed by atoms with Crippen molar-refractivity contribution in [2.24, 2.45) is 7.05 Å². The molecule has 0 bridgehead atoms. The van der Waals surface area contributed by atoms with E-state index in [9.17, 15) is 4.79 Å². The number of nitrogen functional groups attached to an aromatic ring is 1. The Kier molecular flexibility index (Phi) is 3.56. The number of carbonyl (C=O) groups is 1. The molecule has 1 aromatic heterocycles. The van der Waals surface area contributed by atoms with E-state index in [4.69, 9.17) is 5.73 Å². The average molecular weight is 268 g/mol. The number of amides is 1. The highest BCUT2D eigenvalue weighted by molar-refractivity contribution is 8.00. The van der Waals surface area contributed by atoms with Crippen LogP contribution in [0.15, 0.2) is 0 Å². The van der Waals surface area contributed by atoms with Crippen molar-refractivity contribution in [3.8, 4) is 0 Å². The van der Waals surface area contributed by atoms with Gasteiger partial charge in [-0.15, -0.1) is 0 Å². The van der Waals surface area contributed by atoms with Crippen LogP contribution in [0.1, 0.15) is 30.0 Å². The lowest BCUT2D eigenvalue weighted by Gasteiger charge is -2.37. The summed E-state index contributed by atoms with van der Waals surface area (Å²) in [7, 11) is 1.77. The smallest absolute Gasteiger partial charge is 0.274 e. The number of hydrogen-bond donors (Lipinski definition) is 1. The third-order valence-corrected chi connectivity index (χ3v) is 4.95. The lowest BCUT2D eigenvalue weighted by molar-refractivity contribution is 0.0688. The zero-order valence-electron chi connectivity index (χ0n) is 11.3. The zero-order valence-corrected chi connectivity index (χ0v) is 12.1. The number of thioether (sulfide) groups is 1. The second-order valence-corrected chi connectivity index (χ2v) is 6.27. The molecule has 2 rings (SSSR count). The zero-order chi connectivity index (χ0) is 13.4. The van der Waals surface area contributed by atoms with Crippen molar-refractivity contribution in [1.82, 2.24) is 14.7 Å². The van der Waals surface area contributed by atoms with Crippen molar-refractivity contribution in [2.75, 3.05) is 18.0 Å². The van der Waals surface area contributed by atoms with Crippen LogP contribution in [-0.2, 0) is 7.05 Å². The summed E-state index contributed by atoms with van der Waals surface area (Å²) in [5, 5.41) is 4.67. The van der Waals surface area contributed by atoms with Gasteiger partial charge in [0.1, 0.15) is 5.69 Å². The summed E-state index contributed by atoms with van der Waals surface area (Å²) in [6, 6.07) is 0.228. The van der Waals surface area contributed by atoms with Crippen molar-refractivity contribution in [1.29, 1.82) is 0 Å². The molecule has 2 atom stereocenters. The van der Waals surface area contributed by atoms with E-state index in [2.05, 4.69) is 18.9 Å². The molecular weight excluding hydrogens is 248 g/mol. The first kappa shape index (κ1) is 13.3. The molecule has 2 N–H and O–H groups in total. The molecule has 2 unspecified atom stereocenters. The van der Waals surface area contributed by atoms with Gasteiger partial charge in [0, 0.05) is 30.6 Å². The van der Waals surface area contributed by atoms with E-state index in [0.717, 1.165) is 12.3 Å². The highest BCUT2D eigenvalue weighted by atomic mass is 32.2. The Morgan fingerprint density at radius 2 is 2.17 bits per heavy atom. The molecule has 0 radical (unpaired) electrons. The number of anilines is 1. The highest BCUT2D eigenvalue weighted by Gasteiger charge is 2.32. The fraction of sp³-hybridized carbons (Fsp3) is 0.667. The van der Waals surface area contributed by atoms with Crippen molar-refractivity contribution >= 4 is 23.4 Å². The quantitative estimate of drug-likeness (QED) is 0.833. The van der Waals surface area contributed by atoms with E-state index in [0.29, 0.717) is 22.3 Å².